The van der Waals surface area contributed by atoms with Crippen LogP contribution in [0.1, 0.15) is 27.5 Å². The van der Waals surface area contributed by atoms with Gasteiger partial charge in [-0.2, -0.15) is 5.10 Å². The second-order valence-electron chi connectivity index (χ2n) is 6.49. The van der Waals surface area contributed by atoms with Gasteiger partial charge in [-0.3, -0.25) is 9.78 Å². The molecule has 0 aliphatic heterocycles. The minimum Gasteiger partial charge on any atom is -0.359 e. The quantitative estimate of drug-likeness (QED) is 0.579. The van der Waals surface area contributed by atoms with Gasteiger partial charge < -0.3 is 9.84 Å². The molecule has 3 aromatic heterocycles. The number of hydrogen-bond acceptors (Lipinski definition) is 5. The maximum absolute atomic E-state index is 12.4. The molecule has 0 aliphatic carbocycles. The zero-order valence-electron chi connectivity index (χ0n) is 15.6. The summed E-state index contributed by atoms with van der Waals surface area (Å²) in [6, 6.07) is 14.9. The normalized spacial score (nSPS) is 10.8. The van der Waals surface area contributed by atoms with Crippen LogP contribution in [0, 0.1) is 13.8 Å². The second-order valence-corrected chi connectivity index (χ2v) is 6.49. The predicted octanol–water partition coefficient (Wildman–Crippen LogP) is 3.47. The monoisotopic (exact) mass is 373 g/mol. The zero-order valence-corrected chi connectivity index (χ0v) is 15.6. The molecule has 28 heavy (non-hydrogen) atoms. The van der Waals surface area contributed by atoms with Crippen molar-refractivity contribution in [3.63, 3.8) is 0 Å². The molecule has 0 atom stereocenters. The Labute approximate surface area is 162 Å². The van der Waals surface area contributed by atoms with Crippen LogP contribution >= 0.6 is 0 Å². The van der Waals surface area contributed by atoms with Gasteiger partial charge in [-0.15, -0.1) is 0 Å². The topological polar surface area (TPSA) is 85.8 Å². The number of nitrogens with zero attached hydrogens (tertiary/aromatic N) is 4. The van der Waals surface area contributed by atoms with Crippen LogP contribution in [0.25, 0.3) is 16.9 Å². The van der Waals surface area contributed by atoms with Crippen molar-refractivity contribution < 1.29 is 9.32 Å². The summed E-state index contributed by atoms with van der Waals surface area (Å²) < 4.78 is 7.15. The van der Waals surface area contributed by atoms with E-state index < -0.39 is 0 Å². The SMILES string of the molecule is Cc1cc(C)n(-c2ccc(C(=O)NCc3cc(-c4cccnc4)no3)cc2)n1. The maximum atomic E-state index is 12.4. The predicted molar refractivity (Wildman–Crippen MR) is 104 cm³/mol. The Hall–Kier alpha value is -3.74. The first-order valence-corrected chi connectivity index (χ1v) is 8.88. The molecule has 0 aliphatic rings. The fourth-order valence-electron chi connectivity index (χ4n) is 2.96. The smallest absolute Gasteiger partial charge is 0.251 e. The van der Waals surface area contributed by atoms with Gasteiger partial charge in [0.2, 0.25) is 0 Å². The number of aryl methyl sites for hydroxylation is 2. The van der Waals surface area contributed by atoms with Crippen LogP contribution in [0.5, 0.6) is 0 Å². The van der Waals surface area contributed by atoms with Crippen LogP contribution in [-0.2, 0) is 6.54 Å². The van der Waals surface area contributed by atoms with Crippen molar-refractivity contribution in [3.05, 3.63) is 83.6 Å². The average molecular weight is 373 g/mol. The number of benzene rings is 1. The third-order valence-electron chi connectivity index (χ3n) is 4.32. The fourth-order valence-corrected chi connectivity index (χ4v) is 2.96. The highest BCUT2D eigenvalue weighted by Crippen LogP contribution is 2.18. The molecule has 1 amide bonds. The van der Waals surface area contributed by atoms with E-state index in [-0.39, 0.29) is 12.5 Å². The Kier molecular flexibility index (Phi) is 4.72. The number of nitrogens with one attached hydrogen (secondary N) is 1. The molecule has 0 radical (unpaired) electrons. The summed E-state index contributed by atoms with van der Waals surface area (Å²) in [6.45, 7) is 4.21. The van der Waals surface area contributed by atoms with Crippen LogP contribution in [-0.4, -0.2) is 25.8 Å². The molecular weight excluding hydrogens is 354 g/mol. The summed E-state index contributed by atoms with van der Waals surface area (Å²) in [5.41, 5.74) is 5.03. The summed E-state index contributed by atoms with van der Waals surface area (Å²) in [5.74, 6) is 0.394. The van der Waals surface area contributed by atoms with Crippen LogP contribution in [0.3, 0.4) is 0 Å². The molecule has 1 N–H and O–H groups in total. The number of hydrogen-bond donors (Lipinski definition) is 1. The van der Waals surface area contributed by atoms with Crippen molar-refractivity contribution in [2.45, 2.75) is 20.4 Å². The first kappa shape index (κ1) is 17.7. The molecule has 3 heterocycles. The molecule has 140 valence electrons. The first-order valence-electron chi connectivity index (χ1n) is 8.88. The molecule has 7 nitrogen and oxygen atoms in total. The lowest BCUT2D eigenvalue weighted by atomic mass is 10.2. The van der Waals surface area contributed by atoms with Gasteiger partial charge in [0.15, 0.2) is 5.76 Å². The summed E-state index contributed by atoms with van der Waals surface area (Å²) in [6.07, 6.45) is 3.41. The molecule has 1 aromatic carbocycles. The summed E-state index contributed by atoms with van der Waals surface area (Å²) in [4.78, 5) is 16.5. The number of carbonyl (C=O) groups is 1. The zero-order chi connectivity index (χ0) is 19.5. The molecule has 4 aromatic rings. The lowest BCUT2D eigenvalue weighted by molar-refractivity contribution is 0.0947. The molecule has 0 spiro atoms. The Morgan fingerprint density at radius 1 is 1.14 bits per heavy atom. The van der Waals surface area contributed by atoms with E-state index in [4.69, 9.17) is 4.52 Å². The molecule has 0 bridgehead atoms. The lowest BCUT2D eigenvalue weighted by Gasteiger charge is -2.06. The van der Waals surface area contributed by atoms with Crippen molar-refractivity contribution in [1.29, 1.82) is 0 Å². The van der Waals surface area contributed by atoms with Crippen LogP contribution < -0.4 is 5.32 Å². The number of aromatic nitrogens is 4. The lowest BCUT2D eigenvalue weighted by Crippen LogP contribution is -2.22. The molecule has 0 fully saturated rings. The second kappa shape index (κ2) is 7.48. The fraction of sp³-hybridized carbons (Fsp3) is 0.143. The third-order valence-corrected chi connectivity index (χ3v) is 4.32. The Balaban J connectivity index is 1.40. The van der Waals surface area contributed by atoms with Gasteiger partial charge in [-0.05, 0) is 56.3 Å². The first-order chi connectivity index (χ1) is 13.6. The van der Waals surface area contributed by atoms with Crippen LogP contribution in [0.4, 0.5) is 0 Å². The average Bonchev–Trinajstić information content (AvgIpc) is 3.33. The van der Waals surface area contributed by atoms with Gasteiger partial charge in [-0.25, -0.2) is 4.68 Å². The van der Waals surface area contributed by atoms with Crippen molar-refractivity contribution in [2.24, 2.45) is 0 Å². The van der Waals surface area contributed by atoms with E-state index in [1.54, 1.807) is 30.6 Å². The van der Waals surface area contributed by atoms with Crippen LogP contribution in [0.2, 0.25) is 0 Å². The molecule has 4 rings (SSSR count). The number of rotatable bonds is 5. The molecule has 0 saturated carbocycles. The largest absolute Gasteiger partial charge is 0.359 e. The highest BCUT2D eigenvalue weighted by molar-refractivity contribution is 5.94. The molecule has 0 saturated heterocycles. The van der Waals surface area contributed by atoms with E-state index in [2.05, 4.69) is 20.6 Å². The third kappa shape index (κ3) is 3.68. The van der Waals surface area contributed by atoms with Crippen molar-refractivity contribution >= 4 is 5.91 Å². The van der Waals surface area contributed by atoms with E-state index in [0.29, 0.717) is 17.0 Å². The minimum atomic E-state index is -0.181. The summed E-state index contributed by atoms with van der Waals surface area (Å²) >= 11 is 0. The van der Waals surface area contributed by atoms with Crippen LogP contribution in [0.15, 0.2) is 65.4 Å². The maximum Gasteiger partial charge on any atom is 0.251 e. The van der Waals surface area contributed by atoms with Crippen molar-refractivity contribution in [2.75, 3.05) is 0 Å². The van der Waals surface area contributed by atoms with Gasteiger partial charge >= 0.3 is 0 Å². The van der Waals surface area contributed by atoms with Crippen molar-refractivity contribution in [3.8, 4) is 16.9 Å². The minimum absolute atomic E-state index is 0.181. The standard InChI is InChI=1S/C21H19N5O2/c1-14-10-15(2)26(24-14)18-7-5-16(6-8-18)21(27)23-13-19-11-20(25-28-19)17-4-3-9-22-12-17/h3-12H,13H2,1-2H3,(H,23,27). The number of carbonyl (C=O) groups excluding carboxylic acids is 1. The van der Waals surface area contributed by atoms with E-state index in [1.807, 2.05) is 48.9 Å². The van der Waals surface area contributed by atoms with Crippen molar-refractivity contribution in [1.82, 2.24) is 25.2 Å². The number of amides is 1. The van der Waals surface area contributed by atoms with E-state index in [9.17, 15) is 4.79 Å². The summed E-state index contributed by atoms with van der Waals surface area (Å²) in [7, 11) is 0. The highest BCUT2D eigenvalue weighted by Gasteiger charge is 2.10. The van der Waals surface area contributed by atoms with E-state index in [1.165, 1.54) is 0 Å². The van der Waals surface area contributed by atoms with Gasteiger partial charge in [0.25, 0.3) is 5.91 Å². The Bertz CT molecular complexity index is 1100. The molecule has 0 unspecified atom stereocenters. The van der Waals surface area contributed by atoms with Gasteiger partial charge in [-0.1, -0.05) is 5.16 Å². The highest BCUT2D eigenvalue weighted by atomic mass is 16.5. The van der Waals surface area contributed by atoms with Gasteiger partial charge in [0, 0.05) is 35.3 Å². The Morgan fingerprint density at radius 2 is 1.96 bits per heavy atom. The van der Waals surface area contributed by atoms with E-state index in [0.717, 1.165) is 22.6 Å². The van der Waals surface area contributed by atoms with Gasteiger partial charge in [0.1, 0.15) is 5.69 Å². The van der Waals surface area contributed by atoms with E-state index >= 15 is 0 Å². The number of pyridine rings is 1. The summed E-state index contributed by atoms with van der Waals surface area (Å²) in [5, 5.41) is 11.3. The van der Waals surface area contributed by atoms with Gasteiger partial charge in [0.05, 0.1) is 17.9 Å². The molecule has 7 heteroatoms. The molecular formula is C21H19N5O2. The Morgan fingerprint density at radius 3 is 2.64 bits per heavy atom.